The van der Waals surface area contributed by atoms with Gasteiger partial charge in [-0.15, -0.1) is 0 Å². The van der Waals surface area contributed by atoms with Crippen molar-refractivity contribution in [2.75, 3.05) is 0 Å². The molecule has 0 atom stereocenters. The zero-order valence-electron chi connectivity index (χ0n) is 13.0. The molecular formula is C17H24O2Si. The predicted molar refractivity (Wildman–Crippen MR) is 88.1 cm³/mol. The zero-order valence-corrected chi connectivity index (χ0v) is 14.2. The molecule has 0 saturated carbocycles. The predicted octanol–water partition coefficient (Wildman–Crippen LogP) is 3.99. The number of rotatable bonds is 3. The Balaban J connectivity index is 2.74. The van der Waals surface area contributed by atoms with Crippen LogP contribution in [-0.4, -0.2) is 14.1 Å². The maximum atomic E-state index is 9.37. The maximum absolute atomic E-state index is 9.37. The van der Waals surface area contributed by atoms with E-state index in [0.29, 0.717) is 0 Å². The van der Waals surface area contributed by atoms with E-state index in [9.17, 15) is 5.11 Å². The van der Waals surface area contributed by atoms with Crippen LogP contribution in [0.25, 0.3) is 10.8 Å². The Morgan fingerprint density at radius 1 is 1.10 bits per heavy atom. The lowest BCUT2D eigenvalue weighted by Gasteiger charge is -2.26. The van der Waals surface area contributed by atoms with Gasteiger partial charge in [0, 0.05) is 5.39 Å². The molecule has 0 aliphatic rings. The highest BCUT2D eigenvalue weighted by Gasteiger charge is 2.21. The van der Waals surface area contributed by atoms with Gasteiger partial charge in [-0.2, -0.15) is 0 Å². The van der Waals surface area contributed by atoms with Crippen LogP contribution < -0.4 is 4.43 Å². The van der Waals surface area contributed by atoms with Crippen LogP contribution in [0.3, 0.4) is 0 Å². The Kier molecular flexibility index (Phi) is 4.21. The number of aliphatic hydroxyl groups excluding tert-OH is 1. The van der Waals surface area contributed by atoms with Crippen LogP contribution in [0, 0.1) is 0 Å². The minimum Gasteiger partial charge on any atom is -0.546 e. The third-order valence-corrected chi connectivity index (χ3v) is 4.09. The van der Waals surface area contributed by atoms with Crippen molar-refractivity contribution in [2.45, 2.75) is 45.9 Å². The van der Waals surface area contributed by atoms with E-state index in [0.717, 1.165) is 16.7 Å². The first kappa shape index (κ1) is 15.1. The number of aliphatic hydroxyl groups is 1. The van der Waals surface area contributed by atoms with Gasteiger partial charge in [0.15, 0.2) is 0 Å². The van der Waals surface area contributed by atoms with Gasteiger partial charge in [0.2, 0.25) is 9.04 Å². The first-order valence-corrected chi connectivity index (χ1v) is 9.94. The average molecular weight is 288 g/mol. The Morgan fingerprint density at radius 2 is 1.75 bits per heavy atom. The summed E-state index contributed by atoms with van der Waals surface area (Å²) in [4.78, 5) is 0. The Bertz CT molecular complexity index is 612. The van der Waals surface area contributed by atoms with Gasteiger partial charge in [-0.25, -0.2) is 0 Å². The molecule has 0 aliphatic heterocycles. The highest BCUT2D eigenvalue weighted by atomic mass is 28.3. The van der Waals surface area contributed by atoms with Gasteiger partial charge >= 0.3 is 0 Å². The van der Waals surface area contributed by atoms with Crippen molar-refractivity contribution in [3.05, 3.63) is 41.5 Å². The summed E-state index contributed by atoms with van der Waals surface area (Å²) in [5.41, 5.74) is 2.21. The highest BCUT2D eigenvalue weighted by Crippen LogP contribution is 2.38. The minimum atomic E-state index is -1.19. The van der Waals surface area contributed by atoms with Crippen molar-refractivity contribution in [3.8, 4) is 5.75 Å². The van der Waals surface area contributed by atoms with Crippen molar-refractivity contribution in [2.24, 2.45) is 0 Å². The molecule has 0 fully saturated rings. The van der Waals surface area contributed by atoms with E-state index < -0.39 is 9.04 Å². The van der Waals surface area contributed by atoms with Crippen molar-refractivity contribution < 1.29 is 9.53 Å². The van der Waals surface area contributed by atoms with E-state index in [1.165, 1.54) is 10.9 Å². The monoisotopic (exact) mass is 288 g/mol. The lowest BCUT2D eigenvalue weighted by molar-refractivity contribution is 0.282. The summed E-state index contributed by atoms with van der Waals surface area (Å²) in [6.45, 7) is 11.0. The van der Waals surface area contributed by atoms with Crippen LogP contribution >= 0.6 is 0 Å². The summed E-state index contributed by atoms with van der Waals surface area (Å²) < 4.78 is 6.24. The second kappa shape index (κ2) is 5.58. The topological polar surface area (TPSA) is 29.5 Å². The van der Waals surface area contributed by atoms with E-state index in [1.807, 2.05) is 6.07 Å². The molecule has 2 aromatic rings. The second-order valence-electron chi connectivity index (χ2n) is 6.57. The zero-order chi connectivity index (χ0) is 14.9. The molecule has 2 aromatic carbocycles. The molecule has 0 aromatic heterocycles. The highest BCUT2D eigenvalue weighted by molar-refractivity contribution is 6.49. The molecule has 3 heteroatoms. The minimum absolute atomic E-state index is 0.0437. The first-order valence-electron chi connectivity index (χ1n) is 7.16. The molecule has 2 nitrogen and oxygen atoms in total. The molecule has 20 heavy (non-hydrogen) atoms. The van der Waals surface area contributed by atoms with E-state index in [4.69, 9.17) is 4.43 Å². The molecule has 108 valence electrons. The summed E-state index contributed by atoms with van der Waals surface area (Å²) >= 11 is 0. The molecule has 0 unspecified atom stereocenters. The molecule has 0 aliphatic carbocycles. The summed E-state index contributed by atoms with van der Waals surface area (Å²) in [5, 5.41) is 11.6. The van der Waals surface area contributed by atoms with Gasteiger partial charge < -0.3 is 9.53 Å². The van der Waals surface area contributed by atoms with Gasteiger partial charge in [-0.05, 0) is 41.1 Å². The molecule has 0 heterocycles. The smallest absolute Gasteiger partial charge is 0.229 e. The fourth-order valence-electron chi connectivity index (χ4n) is 2.39. The van der Waals surface area contributed by atoms with Gasteiger partial charge in [-0.3, -0.25) is 0 Å². The Morgan fingerprint density at radius 3 is 2.30 bits per heavy atom. The average Bonchev–Trinajstić information content (AvgIpc) is 2.36. The number of hydrogen-bond donors (Lipinski definition) is 1. The largest absolute Gasteiger partial charge is 0.546 e. The van der Waals surface area contributed by atoms with Crippen LogP contribution in [-0.2, 0) is 12.0 Å². The Labute approximate surface area is 123 Å². The maximum Gasteiger partial charge on any atom is 0.229 e. The molecule has 0 radical (unpaired) electrons. The van der Waals surface area contributed by atoms with Crippen molar-refractivity contribution in [1.29, 1.82) is 0 Å². The lowest BCUT2D eigenvalue weighted by atomic mass is 9.85. The molecule has 0 spiro atoms. The third kappa shape index (κ3) is 3.05. The fourth-order valence-corrected chi connectivity index (χ4v) is 3.12. The van der Waals surface area contributed by atoms with Crippen molar-refractivity contribution in [3.63, 3.8) is 0 Å². The summed E-state index contributed by atoms with van der Waals surface area (Å²) in [5.74, 6) is 1.01. The quantitative estimate of drug-likeness (QED) is 0.865. The van der Waals surface area contributed by atoms with Gasteiger partial charge in [0.25, 0.3) is 0 Å². The second-order valence-corrected chi connectivity index (χ2v) is 8.91. The van der Waals surface area contributed by atoms with Crippen molar-refractivity contribution in [1.82, 2.24) is 0 Å². The van der Waals surface area contributed by atoms with Crippen LogP contribution in [0.15, 0.2) is 30.3 Å². The summed E-state index contributed by atoms with van der Waals surface area (Å²) in [6.07, 6.45) is 0. The van der Waals surface area contributed by atoms with Crippen LogP contribution in [0.4, 0.5) is 0 Å². The SMILES string of the molecule is C[SiH](C)Oc1c(C(C)(C)C)ccc2ccc(CO)cc12. The molecular weight excluding hydrogens is 264 g/mol. The molecule has 0 amide bonds. The standard InChI is InChI=1S/C17H24O2Si/c1-17(2,3)15-9-8-13-7-6-12(11-18)10-14(13)16(15)19-20(4)5/h6-10,18,20H,11H2,1-5H3. The van der Waals surface area contributed by atoms with E-state index in [2.05, 4.69) is 58.1 Å². The molecule has 0 saturated heterocycles. The van der Waals surface area contributed by atoms with E-state index in [-0.39, 0.29) is 12.0 Å². The third-order valence-electron chi connectivity index (χ3n) is 3.38. The fraction of sp³-hybridized carbons (Fsp3) is 0.412. The Hall–Kier alpha value is -1.32. The van der Waals surface area contributed by atoms with Crippen LogP contribution in [0.1, 0.15) is 31.9 Å². The summed E-state index contributed by atoms with van der Waals surface area (Å²) in [7, 11) is -1.19. The lowest BCUT2D eigenvalue weighted by Crippen LogP contribution is -2.18. The number of benzene rings is 2. The first-order chi connectivity index (χ1) is 9.32. The van der Waals surface area contributed by atoms with E-state index >= 15 is 0 Å². The van der Waals surface area contributed by atoms with Crippen LogP contribution in [0.2, 0.25) is 13.1 Å². The normalized spacial score (nSPS) is 12.2. The number of hydrogen-bond acceptors (Lipinski definition) is 2. The molecule has 1 N–H and O–H groups in total. The molecule has 0 bridgehead atoms. The summed E-state index contributed by atoms with van der Waals surface area (Å²) in [6, 6.07) is 10.4. The van der Waals surface area contributed by atoms with Gasteiger partial charge in [0.05, 0.1) is 6.61 Å². The van der Waals surface area contributed by atoms with E-state index in [1.54, 1.807) is 0 Å². The van der Waals surface area contributed by atoms with Gasteiger partial charge in [-0.1, -0.05) is 45.0 Å². The van der Waals surface area contributed by atoms with Gasteiger partial charge in [0.1, 0.15) is 5.75 Å². The number of fused-ring (bicyclic) bond motifs is 1. The van der Waals surface area contributed by atoms with Crippen LogP contribution in [0.5, 0.6) is 5.75 Å². The van der Waals surface area contributed by atoms with Crippen molar-refractivity contribution >= 4 is 19.8 Å². The molecule has 2 rings (SSSR count).